The normalized spacial score (nSPS) is 12.9. The molecular weight excluding hydrogens is 294 g/mol. The van der Waals surface area contributed by atoms with Crippen LogP contribution in [-0.4, -0.2) is 46.1 Å². The maximum Gasteiger partial charge on any atom is 0.321 e. The number of nitrogens with two attached hydrogens (primary N) is 1. The summed E-state index contributed by atoms with van der Waals surface area (Å²) in [6.07, 6.45) is 0.830. The van der Waals surface area contributed by atoms with Crippen LogP contribution in [0, 0.1) is 5.92 Å². The molecule has 3 amide bonds. The molecule has 0 fully saturated rings. The van der Waals surface area contributed by atoms with Crippen molar-refractivity contribution in [3.8, 4) is 0 Å². The van der Waals surface area contributed by atoms with E-state index in [1.54, 1.807) is 13.8 Å². The molecule has 0 rings (SSSR count). The van der Waals surface area contributed by atoms with Crippen molar-refractivity contribution in [1.29, 1.82) is 0 Å². The summed E-state index contributed by atoms with van der Waals surface area (Å²) in [5.41, 5.74) is 5.54. The van der Waals surface area contributed by atoms with Crippen molar-refractivity contribution in [3.05, 3.63) is 0 Å². The molecule has 8 heteroatoms. The lowest BCUT2D eigenvalue weighted by Crippen LogP contribution is -2.48. The molecule has 0 aromatic heterocycles. The van der Waals surface area contributed by atoms with E-state index in [1.807, 2.05) is 13.8 Å². The number of thioether (sulfide) groups is 1. The Morgan fingerprint density at radius 3 is 2.33 bits per heavy atom. The average molecular weight is 319 g/mol. The first-order valence-electron chi connectivity index (χ1n) is 6.76. The van der Waals surface area contributed by atoms with Crippen molar-refractivity contribution in [3.63, 3.8) is 0 Å². The molecule has 0 bridgehead atoms. The number of carbonyl (C=O) groups excluding carboxylic acids is 2. The summed E-state index contributed by atoms with van der Waals surface area (Å²) < 4.78 is -0.808. The van der Waals surface area contributed by atoms with Crippen LogP contribution < -0.4 is 16.4 Å². The molecule has 0 aromatic rings. The Labute approximate surface area is 129 Å². The largest absolute Gasteiger partial charge is 0.480 e. The van der Waals surface area contributed by atoms with Gasteiger partial charge in [-0.25, -0.2) is 4.79 Å². The summed E-state index contributed by atoms with van der Waals surface area (Å²) >= 11 is 1.10. The zero-order valence-electron chi connectivity index (χ0n) is 12.9. The van der Waals surface area contributed by atoms with E-state index >= 15 is 0 Å². The molecule has 5 N–H and O–H groups in total. The monoisotopic (exact) mass is 319 g/mol. The Kier molecular flexibility index (Phi) is 8.34. The van der Waals surface area contributed by atoms with Gasteiger partial charge in [0.25, 0.3) is 0 Å². The molecule has 0 heterocycles. The van der Waals surface area contributed by atoms with Gasteiger partial charge in [-0.05, 0) is 26.2 Å². The van der Waals surface area contributed by atoms with Crippen LogP contribution in [0.25, 0.3) is 0 Å². The summed E-state index contributed by atoms with van der Waals surface area (Å²) in [5, 5.41) is 13.6. The minimum absolute atomic E-state index is 0.0361. The summed E-state index contributed by atoms with van der Waals surface area (Å²) in [5.74, 6) is -1.17. The molecule has 0 radical (unpaired) electrons. The van der Waals surface area contributed by atoms with Crippen LogP contribution in [0.15, 0.2) is 0 Å². The maximum atomic E-state index is 11.6. The van der Waals surface area contributed by atoms with Crippen LogP contribution >= 0.6 is 11.8 Å². The summed E-state index contributed by atoms with van der Waals surface area (Å²) in [7, 11) is 0. The van der Waals surface area contributed by atoms with E-state index in [4.69, 9.17) is 10.8 Å². The molecule has 0 saturated carbocycles. The van der Waals surface area contributed by atoms with Crippen LogP contribution in [0.1, 0.15) is 34.1 Å². The van der Waals surface area contributed by atoms with Crippen molar-refractivity contribution in [2.75, 3.05) is 12.3 Å². The number of carbonyl (C=O) groups is 3. The highest BCUT2D eigenvalue weighted by Crippen LogP contribution is 2.27. The van der Waals surface area contributed by atoms with E-state index in [9.17, 15) is 14.4 Å². The number of rotatable bonds is 8. The SMILES string of the molecule is CC(C)CCNC(=O)NC(=O)CSC(C)(C)[C@H](N)C(=O)O. The van der Waals surface area contributed by atoms with Crippen molar-refractivity contribution >= 4 is 29.7 Å². The van der Waals surface area contributed by atoms with Gasteiger partial charge < -0.3 is 16.2 Å². The standard InChI is InChI=1S/C13H25N3O4S/c1-8(2)5-6-15-12(20)16-9(17)7-21-13(3,4)10(14)11(18)19/h8,10H,5-7,14H2,1-4H3,(H,18,19)(H2,15,16,17,20)/t10-/m1/s1. The summed E-state index contributed by atoms with van der Waals surface area (Å²) in [6, 6.07) is -1.63. The van der Waals surface area contributed by atoms with Gasteiger partial charge in [0.05, 0.1) is 5.75 Å². The second-order valence-corrected chi connectivity index (χ2v) is 7.32. The number of hydrogen-bond acceptors (Lipinski definition) is 5. The lowest BCUT2D eigenvalue weighted by atomic mass is 10.1. The topological polar surface area (TPSA) is 122 Å². The van der Waals surface area contributed by atoms with E-state index in [0.717, 1.165) is 18.2 Å². The van der Waals surface area contributed by atoms with Gasteiger partial charge in [-0.1, -0.05) is 13.8 Å². The molecule has 0 unspecified atom stereocenters. The Morgan fingerprint density at radius 1 is 1.29 bits per heavy atom. The van der Waals surface area contributed by atoms with E-state index in [2.05, 4.69) is 10.6 Å². The zero-order valence-corrected chi connectivity index (χ0v) is 13.8. The Hall–Kier alpha value is -1.28. The van der Waals surface area contributed by atoms with Gasteiger partial charge in [0.1, 0.15) is 6.04 Å². The Bertz CT molecular complexity index is 386. The quantitative estimate of drug-likeness (QED) is 0.524. The van der Waals surface area contributed by atoms with Crippen LogP contribution in [0.5, 0.6) is 0 Å². The van der Waals surface area contributed by atoms with Gasteiger partial charge in [0.15, 0.2) is 0 Å². The number of amides is 3. The fraction of sp³-hybridized carbons (Fsp3) is 0.769. The number of hydrogen-bond donors (Lipinski definition) is 4. The van der Waals surface area contributed by atoms with E-state index in [-0.39, 0.29) is 5.75 Å². The molecule has 1 atom stereocenters. The number of carboxylic acids is 1. The summed E-state index contributed by atoms with van der Waals surface area (Å²) in [4.78, 5) is 33.9. The third-order valence-electron chi connectivity index (χ3n) is 2.85. The minimum atomic E-state index is -1.13. The fourth-order valence-corrected chi connectivity index (χ4v) is 2.18. The molecular formula is C13H25N3O4S. The molecule has 0 aliphatic rings. The fourth-order valence-electron chi connectivity index (χ4n) is 1.32. The van der Waals surface area contributed by atoms with Crippen LogP contribution in [-0.2, 0) is 9.59 Å². The number of nitrogens with one attached hydrogen (secondary N) is 2. The van der Waals surface area contributed by atoms with E-state index in [0.29, 0.717) is 12.5 Å². The second-order valence-electron chi connectivity index (χ2n) is 5.69. The Morgan fingerprint density at radius 2 is 1.86 bits per heavy atom. The third kappa shape index (κ3) is 8.56. The van der Waals surface area contributed by atoms with Gasteiger partial charge in [-0.2, -0.15) is 0 Å². The molecule has 0 saturated heterocycles. The zero-order chi connectivity index (χ0) is 16.6. The van der Waals surface area contributed by atoms with Gasteiger partial charge >= 0.3 is 12.0 Å². The van der Waals surface area contributed by atoms with Crippen molar-refractivity contribution in [2.45, 2.75) is 44.9 Å². The molecule has 7 nitrogen and oxygen atoms in total. The molecule has 0 aliphatic heterocycles. The molecule has 21 heavy (non-hydrogen) atoms. The number of imide groups is 1. The number of urea groups is 1. The lowest BCUT2D eigenvalue weighted by molar-refractivity contribution is -0.139. The number of aliphatic carboxylic acids is 1. The maximum absolute atomic E-state index is 11.6. The highest BCUT2D eigenvalue weighted by atomic mass is 32.2. The highest BCUT2D eigenvalue weighted by molar-refractivity contribution is 8.01. The van der Waals surface area contributed by atoms with Crippen LogP contribution in [0.4, 0.5) is 4.79 Å². The molecule has 122 valence electrons. The van der Waals surface area contributed by atoms with Crippen molar-refractivity contribution in [2.24, 2.45) is 11.7 Å². The Balaban J connectivity index is 4.10. The van der Waals surface area contributed by atoms with Gasteiger partial charge in [0, 0.05) is 11.3 Å². The first-order valence-corrected chi connectivity index (χ1v) is 7.75. The van der Waals surface area contributed by atoms with Crippen LogP contribution in [0.3, 0.4) is 0 Å². The number of carboxylic acid groups (broad SMARTS) is 1. The predicted octanol–water partition coefficient (Wildman–Crippen LogP) is 0.782. The lowest BCUT2D eigenvalue weighted by Gasteiger charge is -2.27. The predicted molar refractivity (Wildman–Crippen MR) is 83.1 cm³/mol. The van der Waals surface area contributed by atoms with E-state index in [1.165, 1.54) is 0 Å². The van der Waals surface area contributed by atoms with Crippen molar-refractivity contribution in [1.82, 2.24) is 10.6 Å². The first kappa shape index (κ1) is 19.7. The second kappa shape index (κ2) is 8.89. The molecule has 0 aliphatic carbocycles. The van der Waals surface area contributed by atoms with Crippen molar-refractivity contribution < 1.29 is 19.5 Å². The minimum Gasteiger partial charge on any atom is -0.480 e. The van der Waals surface area contributed by atoms with Gasteiger partial charge in [-0.3, -0.25) is 14.9 Å². The summed E-state index contributed by atoms with van der Waals surface area (Å²) in [6.45, 7) is 7.86. The van der Waals surface area contributed by atoms with E-state index < -0.39 is 28.7 Å². The van der Waals surface area contributed by atoms with Gasteiger partial charge in [0.2, 0.25) is 5.91 Å². The molecule has 0 aromatic carbocycles. The first-order chi connectivity index (χ1) is 9.56. The van der Waals surface area contributed by atoms with Crippen LogP contribution in [0.2, 0.25) is 0 Å². The van der Waals surface area contributed by atoms with Gasteiger partial charge in [-0.15, -0.1) is 11.8 Å². The third-order valence-corrected chi connectivity index (χ3v) is 4.25. The average Bonchev–Trinajstić information content (AvgIpc) is 2.34. The highest BCUT2D eigenvalue weighted by Gasteiger charge is 2.33. The smallest absolute Gasteiger partial charge is 0.321 e. The molecule has 0 spiro atoms.